The third-order valence-corrected chi connectivity index (χ3v) is 2.66. The minimum absolute atomic E-state index is 0.534. The quantitative estimate of drug-likeness (QED) is 0.857. The van der Waals surface area contributed by atoms with Gasteiger partial charge in [-0.2, -0.15) is 0 Å². The topological polar surface area (TPSA) is 42.4 Å². The Kier molecular flexibility index (Phi) is 3.96. The van der Waals surface area contributed by atoms with Crippen molar-refractivity contribution >= 4 is 0 Å². The number of nitrogens with two attached hydrogens (primary N) is 1. The zero-order valence-corrected chi connectivity index (χ0v) is 10.1. The Balaban J connectivity index is 1.91. The number of nitrogens with zero attached hydrogens (tertiary/aromatic N) is 1. The first-order valence-corrected chi connectivity index (χ1v) is 5.77. The van der Waals surface area contributed by atoms with Gasteiger partial charge in [-0.05, 0) is 18.7 Å². The van der Waals surface area contributed by atoms with Crippen molar-refractivity contribution in [3.05, 3.63) is 59.5 Å². The van der Waals surface area contributed by atoms with Gasteiger partial charge in [-0.1, -0.05) is 30.3 Å². The van der Waals surface area contributed by atoms with E-state index in [2.05, 4.69) is 36.2 Å². The highest BCUT2D eigenvalue weighted by Gasteiger charge is 2.05. The van der Waals surface area contributed by atoms with E-state index in [1.54, 1.807) is 6.26 Å². The predicted molar refractivity (Wildman–Crippen MR) is 68.2 cm³/mol. The minimum atomic E-state index is 0.534. The Hall–Kier alpha value is -1.58. The van der Waals surface area contributed by atoms with Crippen molar-refractivity contribution in [1.82, 2.24) is 4.90 Å². The molecule has 3 nitrogen and oxygen atoms in total. The first kappa shape index (κ1) is 11.9. The molecule has 0 unspecified atom stereocenters. The van der Waals surface area contributed by atoms with Crippen LogP contribution in [-0.4, -0.2) is 11.9 Å². The fourth-order valence-corrected chi connectivity index (χ4v) is 1.83. The fraction of sp³-hybridized carbons (Fsp3) is 0.286. The van der Waals surface area contributed by atoms with Crippen LogP contribution in [-0.2, 0) is 19.6 Å². The Morgan fingerprint density at radius 3 is 2.53 bits per heavy atom. The van der Waals surface area contributed by atoms with Gasteiger partial charge < -0.3 is 10.2 Å². The molecule has 0 spiro atoms. The van der Waals surface area contributed by atoms with E-state index in [0.29, 0.717) is 6.54 Å². The van der Waals surface area contributed by atoms with Crippen molar-refractivity contribution < 1.29 is 4.42 Å². The van der Waals surface area contributed by atoms with Gasteiger partial charge in [0.15, 0.2) is 0 Å². The molecular weight excluding hydrogens is 212 g/mol. The second kappa shape index (κ2) is 5.66. The summed E-state index contributed by atoms with van der Waals surface area (Å²) >= 11 is 0. The Morgan fingerprint density at radius 2 is 1.88 bits per heavy atom. The number of furan rings is 1. The number of rotatable bonds is 5. The maximum Gasteiger partial charge on any atom is 0.118 e. The summed E-state index contributed by atoms with van der Waals surface area (Å²) in [4.78, 5) is 2.22. The van der Waals surface area contributed by atoms with E-state index in [1.807, 2.05) is 12.1 Å². The molecule has 0 radical (unpaired) electrons. The van der Waals surface area contributed by atoms with Crippen molar-refractivity contribution in [2.45, 2.75) is 19.6 Å². The van der Waals surface area contributed by atoms with Crippen molar-refractivity contribution in [2.75, 3.05) is 7.05 Å². The Morgan fingerprint density at radius 1 is 1.12 bits per heavy atom. The van der Waals surface area contributed by atoms with Crippen LogP contribution in [0.2, 0.25) is 0 Å². The summed E-state index contributed by atoms with van der Waals surface area (Å²) in [6.07, 6.45) is 1.73. The van der Waals surface area contributed by atoms with Crippen LogP contribution in [0.4, 0.5) is 0 Å². The number of hydrogen-bond acceptors (Lipinski definition) is 3. The van der Waals surface area contributed by atoms with Gasteiger partial charge in [0.2, 0.25) is 0 Å². The Labute approximate surface area is 102 Å². The lowest BCUT2D eigenvalue weighted by atomic mass is 10.2. The van der Waals surface area contributed by atoms with Crippen LogP contribution in [0, 0.1) is 0 Å². The van der Waals surface area contributed by atoms with Gasteiger partial charge in [0.1, 0.15) is 5.76 Å². The van der Waals surface area contributed by atoms with Crippen LogP contribution < -0.4 is 5.73 Å². The summed E-state index contributed by atoms with van der Waals surface area (Å²) in [5.41, 5.74) is 7.90. The van der Waals surface area contributed by atoms with Crippen LogP contribution in [0.3, 0.4) is 0 Å². The number of hydrogen-bond donors (Lipinski definition) is 1. The van der Waals surface area contributed by atoms with Gasteiger partial charge in [-0.15, -0.1) is 0 Å². The molecule has 0 aliphatic rings. The van der Waals surface area contributed by atoms with Crippen LogP contribution in [0.5, 0.6) is 0 Å². The highest BCUT2D eigenvalue weighted by atomic mass is 16.3. The summed E-state index contributed by atoms with van der Waals surface area (Å²) in [7, 11) is 2.08. The summed E-state index contributed by atoms with van der Waals surface area (Å²) < 4.78 is 5.44. The molecule has 1 aromatic heterocycles. The molecular formula is C14H18N2O. The third-order valence-electron chi connectivity index (χ3n) is 2.66. The highest BCUT2D eigenvalue weighted by molar-refractivity contribution is 5.15. The fourth-order valence-electron chi connectivity index (χ4n) is 1.83. The third kappa shape index (κ3) is 3.44. The SMILES string of the molecule is CN(Cc1ccccc1)Cc1cc(CN)co1. The van der Waals surface area contributed by atoms with Gasteiger partial charge in [0.05, 0.1) is 12.8 Å². The van der Waals surface area contributed by atoms with Crippen molar-refractivity contribution in [3.63, 3.8) is 0 Å². The second-order valence-electron chi connectivity index (χ2n) is 4.28. The highest BCUT2D eigenvalue weighted by Crippen LogP contribution is 2.11. The normalized spacial score (nSPS) is 11.0. The van der Waals surface area contributed by atoms with E-state index in [4.69, 9.17) is 10.2 Å². The smallest absolute Gasteiger partial charge is 0.118 e. The molecule has 2 aromatic rings. The average Bonchev–Trinajstić information content (AvgIpc) is 2.78. The molecule has 0 bridgehead atoms. The molecule has 0 fully saturated rings. The van der Waals surface area contributed by atoms with E-state index in [9.17, 15) is 0 Å². The molecule has 0 saturated heterocycles. The summed E-state index contributed by atoms with van der Waals surface area (Å²) in [6, 6.07) is 12.4. The van der Waals surface area contributed by atoms with Gasteiger partial charge in [0, 0.05) is 18.7 Å². The lowest BCUT2D eigenvalue weighted by Gasteiger charge is -2.14. The Bertz CT molecular complexity index is 450. The van der Waals surface area contributed by atoms with E-state index in [0.717, 1.165) is 24.4 Å². The van der Waals surface area contributed by atoms with E-state index in [1.165, 1.54) is 5.56 Å². The average molecular weight is 230 g/mol. The first-order valence-electron chi connectivity index (χ1n) is 5.77. The standard InChI is InChI=1S/C14H18N2O/c1-16(9-12-5-3-2-4-6-12)10-14-7-13(8-15)11-17-14/h2-7,11H,8-10,15H2,1H3. The van der Waals surface area contributed by atoms with Crippen molar-refractivity contribution in [1.29, 1.82) is 0 Å². The predicted octanol–water partition coefficient (Wildman–Crippen LogP) is 2.37. The minimum Gasteiger partial charge on any atom is -0.468 e. The molecule has 17 heavy (non-hydrogen) atoms. The summed E-state index contributed by atoms with van der Waals surface area (Å²) in [5.74, 6) is 0.962. The number of benzene rings is 1. The largest absolute Gasteiger partial charge is 0.468 e. The van der Waals surface area contributed by atoms with Crippen molar-refractivity contribution in [2.24, 2.45) is 5.73 Å². The van der Waals surface area contributed by atoms with Gasteiger partial charge in [0.25, 0.3) is 0 Å². The molecule has 0 aliphatic carbocycles. The lowest BCUT2D eigenvalue weighted by molar-refractivity contribution is 0.288. The molecule has 2 N–H and O–H groups in total. The van der Waals surface area contributed by atoms with Crippen LogP contribution in [0.25, 0.3) is 0 Å². The molecule has 0 aliphatic heterocycles. The molecule has 0 atom stereocenters. The molecule has 0 saturated carbocycles. The second-order valence-corrected chi connectivity index (χ2v) is 4.28. The monoisotopic (exact) mass is 230 g/mol. The maximum absolute atomic E-state index is 5.54. The molecule has 2 rings (SSSR count). The molecule has 1 heterocycles. The van der Waals surface area contributed by atoms with E-state index < -0.39 is 0 Å². The maximum atomic E-state index is 5.54. The molecule has 1 aromatic carbocycles. The van der Waals surface area contributed by atoms with E-state index in [-0.39, 0.29) is 0 Å². The van der Waals surface area contributed by atoms with Gasteiger partial charge in [-0.25, -0.2) is 0 Å². The van der Waals surface area contributed by atoms with Gasteiger partial charge in [-0.3, -0.25) is 4.90 Å². The molecule has 90 valence electrons. The van der Waals surface area contributed by atoms with Crippen molar-refractivity contribution in [3.8, 4) is 0 Å². The molecule has 3 heteroatoms. The van der Waals surface area contributed by atoms with E-state index >= 15 is 0 Å². The lowest BCUT2D eigenvalue weighted by Crippen LogP contribution is -2.16. The zero-order valence-electron chi connectivity index (χ0n) is 10.1. The van der Waals surface area contributed by atoms with Crippen LogP contribution in [0.15, 0.2) is 47.1 Å². The van der Waals surface area contributed by atoms with Gasteiger partial charge >= 0.3 is 0 Å². The summed E-state index contributed by atoms with van der Waals surface area (Å²) in [5, 5.41) is 0. The zero-order chi connectivity index (χ0) is 12.1. The van der Waals surface area contributed by atoms with Crippen LogP contribution >= 0.6 is 0 Å². The first-order chi connectivity index (χ1) is 8.28. The van der Waals surface area contributed by atoms with Crippen LogP contribution in [0.1, 0.15) is 16.9 Å². The summed E-state index contributed by atoms with van der Waals surface area (Å²) in [6.45, 7) is 2.25. The molecule has 0 amide bonds.